The van der Waals surface area contributed by atoms with E-state index in [2.05, 4.69) is 27.5 Å². The smallest absolute Gasteiger partial charge is 0.134 e. The number of nitrogens with one attached hydrogen (secondary N) is 2. The molecule has 5 heteroatoms. The van der Waals surface area contributed by atoms with Gasteiger partial charge in [-0.05, 0) is 27.2 Å². The van der Waals surface area contributed by atoms with Gasteiger partial charge in [-0.1, -0.05) is 6.92 Å². The van der Waals surface area contributed by atoms with Gasteiger partial charge in [-0.3, -0.25) is 0 Å². The summed E-state index contributed by atoms with van der Waals surface area (Å²) in [4.78, 5) is 8.41. The number of hydrogen-bond donors (Lipinski definition) is 3. The molecule has 1 heterocycles. The van der Waals surface area contributed by atoms with Crippen molar-refractivity contribution in [2.24, 2.45) is 0 Å². The molecule has 0 bridgehead atoms. The van der Waals surface area contributed by atoms with Crippen LogP contribution in [0, 0.1) is 6.92 Å². The average Bonchev–Trinajstić information content (AvgIpc) is 2.30. The molecule has 17 heavy (non-hydrogen) atoms. The lowest BCUT2D eigenvalue weighted by atomic mass is 10.1. The van der Waals surface area contributed by atoms with Gasteiger partial charge in [0, 0.05) is 12.1 Å². The maximum Gasteiger partial charge on any atom is 0.134 e. The Hall–Kier alpha value is -1.36. The van der Waals surface area contributed by atoms with Gasteiger partial charge in [0.1, 0.15) is 18.0 Å². The quantitative estimate of drug-likeness (QED) is 0.705. The monoisotopic (exact) mass is 238 g/mol. The number of aliphatic hydroxyl groups excluding tert-OH is 1. The van der Waals surface area contributed by atoms with Crippen LogP contribution in [-0.2, 0) is 0 Å². The third-order valence-electron chi connectivity index (χ3n) is 2.48. The lowest BCUT2D eigenvalue weighted by molar-refractivity contribution is 0.234. The average molecular weight is 238 g/mol. The molecule has 5 nitrogen and oxygen atoms in total. The summed E-state index contributed by atoms with van der Waals surface area (Å²) in [6, 6.07) is 0. The molecule has 0 spiro atoms. The summed E-state index contributed by atoms with van der Waals surface area (Å²) in [7, 11) is 0. The molecule has 0 radical (unpaired) electrons. The van der Waals surface area contributed by atoms with Gasteiger partial charge in [0.15, 0.2) is 0 Å². The summed E-state index contributed by atoms with van der Waals surface area (Å²) in [5.41, 5.74) is 0.587. The zero-order valence-corrected chi connectivity index (χ0v) is 11.0. The number of hydrogen-bond acceptors (Lipinski definition) is 5. The van der Waals surface area contributed by atoms with E-state index in [0.717, 1.165) is 30.2 Å². The molecule has 0 unspecified atom stereocenters. The van der Waals surface area contributed by atoms with Crippen LogP contribution in [0.3, 0.4) is 0 Å². The molecular weight excluding hydrogens is 216 g/mol. The first kappa shape index (κ1) is 13.7. The van der Waals surface area contributed by atoms with Crippen molar-refractivity contribution in [2.75, 3.05) is 23.8 Å². The molecule has 96 valence electrons. The van der Waals surface area contributed by atoms with Gasteiger partial charge in [0.2, 0.25) is 0 Å². The Morgan fingerprint density at radius 3 is 2.53 bits per heavy atom. The first-order valence-electron chi connectivity index (χ1n) is 5.94. The lowest BCUT2D eigenvalue weighted by Crippen LogP contribution is -2.35. The Morgan fingerprint density at radius 2 is 1.94 bits per heavy atom. The minimum Gasteiger partial charge on any atom is -0.394 e. The van der Waals surface area contributed by atoms with E-state index in [1.54, 1.807) is 0 Å². The number of nitrogens with zero attached hydrogens (tertiary/aromatic N) is 2. The van der Waals surface area contributed by atoms with E-state index in [0.29, 0.717) is 0 Å². The molecule has 0 atom stereocenters. The summed E-state index contributed by atoms with van der Waals surface area (Å²) >= 11 is 0. The molecule has 0 saturated heterocycles. The molecule has 1 rings (SSSR count). The highest BCUT2D eigenvalue weighted by molar-refractivity contribution is 5.57. The van der Waals surface area contributed by atoms with Crippen LogP contribution in [0.25, 0.3) is 0 Å². The molecule has 0 aromatic carbocycles. The van der Waals surface area contributed by atoms with Crippen molar-refractivity contribution >= 4 is 11.6 Å². The minimum atomic E-state index is -0.388. The molecule has 3 N–H and O–H groups in total. The minimum absolute atomic E-state index is 0.0498. The SMILES string of the molecule is CCCNc1ncnc(NC(C)(C)CO)c1C. The fourth-order valence-corrected chi connectivity index (χ4v) is 1.36. The molecule has 0 amide bonds. The standard InChI is InChI=1S/C12H22N4O/c1-5-6-13-10-9(2)11(15-8-14-10)16-12(3,4)7-17/h8,17H,5-7H2,1-4H3,(H2,13,14,15,16). The second kappa shape index (κ2) is 5.82. The molecule has 0 aliphatic rings. The van der Waals surface area contributed by atoms with E-state index in [9.17, 15) is 5.11 Å². The fraction of sp³-hybridized carbons (Fsp3) is 0.667. The zero-order valence-electron chi connectivity index (χ0n) is 11.0. The Labute approximate surface area is 103 Å². The van der Waals surface area contributed by atoms with Gasteiger partial charge in [0.25, 0.3) is 0 Å². The topological polar surface area (TPSA) is 70.1 Å². The summed E-state index contributed by atoms with van der Waals surface area (Å²) < 4.78 is 0. The van der Waals surface area contributed by atoms with Crippen LogP contribution >= 0.6 is 0 Å². The van der Waals surface area contributed by atoms with Gasteiger partial charge in [-0.15, -0.1) is 0 Å². The predicted octanol–water partition coefficient (Wildman–Crippen LogP) is 1.79. The third-order valence-corrected chi connectivity index (χ3v) is 2.48. The Kier molecular flexibility index (Phi) is 4.69. The zero-order chi connectivity index (χ0) is 12.9. The highest BCUT2D eigenvalue weighted by Gasteiger charge is 2.18. The third kappa shape index (κ3) is 3.85. The van der Waals surface area contributed by atoms with E-state index >= 15 is 0 Å². The summed E-state index contributed by atoms with van der Waals surface area (Å²) in [5, 5.41) is 15.7. The number of anilines is 2. The van der Waals surface area contributed by atoms with Crippen LogP contribution in [-0.4, -0.2) is 33.8 Å². The molecule has 1 aromatic heterocycles. The summed E-state index contributed by atoms with van der Waals surface area (Å²) in [6.45, 7) is 8.86. The number of rotatable bonds is 6. The van der Waals surface area contributed by atoms with Crippen molar-refractivity contribution in [1.29, 1.82) is 0 Å². The van der Waals surface area contributed by atoms with Crippen LogP contribution in [0.1, 0.15) is 32.8 Å². The van der Waals surface area contributed by atoms with Gasteiger partial charge >= 0.3 is 0 Å². The molecular formula is C12H22N4O. The van der Waals surface area contributed by atoms with Crippen LogP contribution in [0.15, 0.2) is 6.33 Å². The van der Waals surface area contributed by atoms with Gasteiger partial charge < -0.3 is 15.7 Å². The van der Waals surface area contributed by atoms with Crippen molar-refractivity contribution in [2.45, 2.75) is 39.7 Å². The number of aliphatic hydroxyl groups is 1. The second-order valence-electron chi connectivity index (χ2n) is 4.79. The van der Waals surface area contributed by atoms with Crippen molar-refractivity contribution in [3.8, 4) is 0 Å². The van der Waals surface area contributed by atoms with Crippen LogP contribution in [0.2, 0.25) is 0 Å². The summed E-state index contributed by atoms with van der Waals surface area (Å²) in [5.74, 6) is 1.61. The van der Waals surface area contributed by atoms with Crippen LogP contribution < -0.4 is 10.6 Å². The van der Waals surface area contributed by atoms with E-state index in [-0.39, 0.29) is 12.1 Å². The van der Waals surface area contributed by atoms with E-state index < -0.39 is 0 Å². The Balaban J connectivity index is 2.86. The van der Waals surface area contributed by atoms with E-state index in [1.807, 2.05) is 20.8 Å². The predicted molar refractivity (Wildman–Crippen MR) is 70.3 cm³/mol. The Bertz CT molecular complexity index is 366. The van der Waals surface area contributed by atoms with Gasteiger partial charge in [-0.2, -0.15) is 0 Å². The highest BCUT2D eigenvalue weighted by Crippen LogP contribution is 2.21. The normalized spacial score (nSPS) is 11.4. The van der Waals surface area contributed by atoms with Crippen LogP contribution in [0.4, 0.5) is 11.6 Å². The number of aromatic nitrogens is 2. The van der Waals surface area contributed by atoms with Crippen molar-refractivity contribution < 1.29 is 5.11 Å². The maximum atomic E-state index is 9.24. The highest BCUT2D eigenvalue weighted by atomic mass is 16.3. The van der Waals surface area contributed by atoms with E-state index in [4.69, 9.17) is 0 Å². The first-order valence-corrected chi connectivity index (χ1v) is 5.94. The van der Waals surface area contributed by atoms with Crippen molar-refractivity contribution in [3.05, 3.63) is 11.9 Å². The molecule has 0 aliphatic carbocycles. The largest absolute Gasteiger partial charge is 0.394 e. The summed E-state index contributed by atoms with van der Waals surface area (Å²) in [6.07, 6.45) is 2.58. The molecule has 0 saturated carbocycles. The van der Waals surface area contributed by atoms with Crippen molar-refractivity contribution in [1.82, 2.24) is 9.97 Å². The van der Waals surface area contributed by atoms with Gasteiger partial charge in [0.05, 0.1) is 12.1 Å². The first-order chi connectivity index (χ1) is 8.00. The van der Waals surface area contributed by atoms with Crippen LogP contribution in [0.5, 0.6) is 0 Å². The van der Waals surface area contributed by atoms with Crippen molar-refractivity contribution in [3.63, 3.8) is 0 Å². The lowest BCUT2D eigenvalue weighted by Gasteiger charge is -2.25. The fourth-order valence-electron chi connectivity index (χ4n) is 1.36. The second-order valence-corrected chi connectivity index (χ2v) is 4.79. The molecule has 0 aliphatic heterocycles. The molecule has 1 aromatic rings. The Morgan fingerprint density at radius 1 is 1.29 bits per heavy atom. The molecule has 0 fully saturated rings. The van der Waals surface area contributed by atoms with E-state index in [1.165, 1.54) is 6.33 Å². The maximum absolute atomic E-state index is 9.24. The van der Waals surface area contributed by atoms with Gasteiger partial charge in [-0.25, -0.2) is 9.97 Å².